The van der Waals surface area contributed by atoms with Crippen molar-refractivity contribution in [2.45, 2.75) is 0 Å². The van der Waals surface area contributed by atoms with E-state index in [0.717, 1.165) is 62.6 Å². The van der Waals surface area contributed by atoms with Crippen molar-refractivity contribution in [3.8, 4) is 33.4 Å². The smallest absolute Gasteiger partial charge is 0.0540 e. The minimum Gasteiger partial charge on any atom is -0.311 e. The summed E-state index contributed by atoms with van der Waals surface area (Å²) in [6.45, 7) is 0. The Bertz CT molecular complexity index is 7260. The quantitative estimate of drug-likeness (QED) is 0.0949. The van der Waals surface area contributed by atoms with Crippen LogP contribution in [-0.4, -0.2) is 0 Å². The van der Waals surface area contributed by atoms with Gasteiger partial charge in [-0.05, 0) is 223 Å². The molecule has 2 heterocycles. The highest BCUT2D eigenvalue weighted by molar-refractivity contribution is 7.27. The molecule has 0 saturated heterocycles. The van der Waals surface area contributed by atoms with E-state index in [-0.39, 0.29) is 0 Å². The van der Waals surface area contributed by atoms with Crippen LogP contribution in [0.5, 0.6) is 0 Å². The fourth-order valence-electron chi connectivity index (χ4n) is 17.2. The maximum Gasteiger partial charge on any atom is 0.0540 e. The number of anilines is 12. The van der Waals surface area contributed by atoms with Gasteiger partial charge < -0.3 is 19.6 Å². The number of fused-ring (bicyclic) bond motifs is 17. The summed E-state index contributed by atoms with van der Waals surface area (Å²) in [5.41, 5.74) is 20.9. The SMILES string of the molecule is c1ccc(-c2ccc(N(c3ccccc3)c3ccc4c(c3)sc3c5ccc(-c6ccc(N(c7ccccc7)c7ccccc7)cc6)cc5c5ccccc5c43)cc2)cc1.c1ccc(N(c2ccccc2)c2ccc(-c3ccc4c(c3)c3ccccc3c3c5ccc(N(c6ccccc6)c6cccc7ccccc67)cc5sc43)cc2)cc1. The number of para-hydroxylation sites is 6. The first-order valence-corrected chi connectivity index (χ1v) is 41.1. The minimum absolute atomic E-state index is 1.12. The molecule has 2 aromatic heterocycles. The molecule has 0 N–H and O–H groups in total. The van der Waals surface area contributed by atoms with Crippen molar-refractivity contribution in [3.63, 3.8) is 0 Å². The van der Waals surface area contributed by atoms with Crippen molar-refractivity contribution in [1.29, 1.82) is 0 Å². The lowest BCUT2D eigenvalue weighted by atomic mass is 9.94. The second-order valence-corrected chi connectivity index (χ2v) is 31.5. The Kier molecular flexibility index (Phi) is 18.0. The van der Waals surface area contributed by atoms with Crippen molar-refractivity contribution in [3.05, 3.63) is 449 Å². The van der Waals surface area contributed by atoms with Gasteiger partial charge in [0, 0.05) is 119 Å². The van der Waals surface area contributed by atoms with E-state index in [1.165, 1.54) is 133 Å². The molecule has 4 nitrogen and oxygen atoms in total. The highest BCUT2D eigenvalue weighted by atomic mass is 32.1. The maximum absolute atomic E-state index is 2.40. The first kappa shape index (κ1) is 69.3. The van der Waals surface area contributed by atoms with Crippen molar-refractivity contribution >= 4 is 185 Å². The Morgan fingerprint density at radius 1 is 0.147 bits per heavy atom. The average molecular weight is 1520 g/mol. The van der Waals surface area contributed by atoms with Crippen LogP contribution in [0.4, 0.5) is 68.2 Å². The monoisotopic (exact) mass is 1510 g/mol. The summed E-state index contributed by atoms with van der Waals surface area (Å²) >= 11 is 3.80. The maximum atomic E-state index is 2.40. The Labute approximate surface area is 682 Å². The number of benzene rings is 20. The lowest BCUT2D eigenvalue weighted by Gasteiger charge is -2.27. The summed E-state index contributed by atoms with van der Waals surface area (Å²) in [7, 11) is 0. The van der Waals surface area contributed by atoms with Crippen LogP contribution in [0.2, 0.25) is 0 Å². The number of hydrogen-bond acceptors (Lipinski definition) is 6. The van der Waals surface area contributed by atoms with E-state index in [9.17, 15) is 0 Å². The molecule has 0 aliphatic heterocycles. The molecule has 0 amide bonds. The van der Waals surface area contributed by atoms with Crippen LogP contribution < -0.4 is 19.6 Å². The standard InChI is InChI=1S/C56H38N2S.C54H36N2S/c1-5-15-39(16-6-1)40-25-30-47(31-26-40)58(45-21-11-4-12-22-45)48-34-36-52-54(38-48)59-56-51-35-29-42(37-53(51)49-23-13-14-24-50(49)55(52)56)41-27-32-46(33-28-41)57(43-17-7-2-8-18-43)44-19-9-3-10-20-44;1-4-17-40(18-5-1)55(41-19-6-2-7-20-41)43-30-27-37(28-31-43)39-29-33-48-50(35-39)46-24-12-13-25-47(46)53-49-34-32-44(36-52(49)57-54(48)53)56(42-21-8-3-9-22-42)51-26-14-16-38-15-10-11-23-45(38)51/h1-38H;1-36H. The molecular formula is C110H74N4S2. The third kappa shape index (κ3) is 12.8. The average Bonchev–Trinajstić information content (AvgIpc) is 1.55. The Morgan fingerprint density at radius 2 is 0.414 bits per heavy atom. The molecule has 6 heteroatoms. The Morgan fingerprint density at radius 3 is 0.810 bits per heavy atom. The van der Waals surface area contributed by atoms with Gasteiger partial charge in [-0.15, -0.1) is 22.7 Å². The lowest BCUT2D eigenvalue weighted by molar-refractivity contribution is 1.28. The summed E-state index contributed by atoms with van der Waals surface area (Å²) < 4.78 is 5.21. The second-order valence-electron chi connectivity index (χ2n) is 29.4. The van der Waals surface area contributed by atoms with Crippen LogP contribution in [0.25, 0.3) is 128 Å². The van der Waals surface area contributed by atoms with Crippen molar-refractivity contribution in [2.24, 2.45) is 0 Å². The zero-order valence-corrected chi connectivity index (χ0v) is 65.0. The highest BCUT2D eigenvalue weighted by Crippen LogP contribution is 2.51. The Balaban J connectivity index is 0.000000145. The number of rotatable bonds is 15. The van der Waals surface area contributed by atoms with E-state index in [4.69, 9.17) is 0 Å². The first-order chi connectivity index (χ1) is 57.5. The predicted octanol–water partition coefficient (Wildman–Crippen LogP) is 32.8. The van der Waals surface area contributed by atoms with Gasteiger partial charge in [0.25, 0.3) is 0 Å². The summed E-state index contributed by atoms with van der Waals surface area (Å²) in [5.74, 6) is 0. The lowest BCUT2D eigenvalue weighted by Crippen LogP contribution is -2.10. The Hall–Kier alpha value is -14.7. The topological polar surface area (TPSA) is 13.0 Å². The minimum atomic E-state index is 1.12. The van der Waals surface area contributed by atoms with Gasteiger partial charge in [0.2, 0.25) is 0 Å². The van der Waals surface area contributed by atoms with Gasteiger partial charge in [-0.3, -0.25) is 0 Å². The van der Waals surface area contributed by atoms with Gasteiger partial charge in [-0.1, -0.05) is 297 Å². The van der Waals surface area contributed by atoms with Crippen molar-refractivity contribution < 1.29 is 0 Å². The molecule has 0 unspecified atom stereocenters. The summed E-state index contributed by atoms with van der Waals surface area (Å²) in [4.78, 5) is 9.38. The largest absolute Gasteiger partial charge is 0.311 e. The van der Waals surface area contributed by atoms with E-state index in [0.29, 0.717) is 0 Å². The molecule has 0 bridgehead atoms. The molecule has 0 atom stereocenters. The fraction of sp³-hybridized carbons (Fsp3) is 0. The predicted molar refractivity (Wildman–Crippen MR) is 501 cm³/mol. The van der Waals surface area contributed by atoms with Gasteiger partial charge in [0.1, 0.15) is 0 Å². The molecule has 0 aliphatic rings. The molecular weight excluding hydrogens is 1440 g/mol. The molecule has 0 radical (unpaired) electrons. The van der Waals surface area contributed by atoms with Crippen LogP contribution in [0, 0.1) is 0 Å². The molecule has 0 aliphatic carbocycles. The summed E-state index contributed by atoms with van der Waals surface area (Å²) in [6.07, 6.45) is 0. The van der Waals surface area contributed by atoms with E-state index in [2.05, 4.69) is 469 Å². The second kappa shape index (κ2) is 30.1. The van der Waals surface area contributed by atoms with Crippen LogP contribution in [0.15, 0.2) is 449 Å². The zero-order chi connectivity index (χ0) is 76.8. The van der Waals surface area contributed by atoms with Gasteiger partial charge in [-0.25, -0.2) is 0 Å². The first-order valence-electron chi connectivity index (χ1n) is 39.5. The fourth-order valence-corrected chi connectivity index (χ4v) is 19.8. The van der Waals surface area contributed by atoms with Gasteiger partial charge in [0.15, 0.2) is 0 Å². The number of nitrogens with zero attached hydrogens (tertiary/aromatic N) is 4. The van der Waals surface area contributed by atoms with Crippen molar-refractivity contribution in [2.75, 3.05) is 19.6 Å². The molecule has 0 spiro atoms. The zero-order valence-electron chi connectivity index (χ0n) is 63.3. The third-order valence-electron chi connectivity index (χ3n) is 22.6. The summed E-state index contributed by atoms with van der Waals surface area (Å²) in [6, 6.07) is 162. The molecule has 20 aromatic carbocycles. The summed E-state index contributed by atoms with van der Waals surface area (Å²) in [5, 5.41) is 18.0. The number of thiophene rings is 2. The van der Waals surface area contributed by atoms with Crippen molar-refractivity contribution in [1.82, 2.24) is 0 Å². The van der Waals surface area contributed by atoms with Gasteiger partial charge in [-0.2, -0.15) is 0 Å². The molecule has 22 aromatic rings. The van der Waals surface area contributed by atoms with Gasteiger partial charge in [0.05, 0.1) is 5.69 Å². The molecule has 0 fully saturated rings. The third-order valence-corrected chi connectivity index (χ3v) is 25.0. The van der Waals surface area contributed by atoms with E-state index >= 15 is 0 Å². The number of hydrogen-bond donors (Lipinski definition) is 0. The van der Waals surface area contributed by atoms with E-state index in [1.54, 1.807) is 0 Å². The van der Waals surface area contributed by atoms with Crippen LogP contribution in [-0.2, 0) is 0 Å². The van der Waals surface area contributed by atoms with Crippen LogP contribution in [0.1, 0.15) is 0 Å². The molecule has 0 saturated carbocycles. The highest BCUT2D eigenvalue weighted by Gasteiger charge is 2.24. The molecule has 22 rings (SSSR count). The van der Waals surface area contributed by atoms with Crippen LogP contribution in [0.3, 0.4) is 0 Å². The normalized spacial score (nSPS) is 11.4. The van der Waals surface area contributed by atoms with Crippen LogP contribution >= 0.6 is 22.7 Å². The molecule has 546 valence electrons. The van der Waals surface area contributed by atoms with Gasteiger partial charge >= 0.3 is 0 Å². The van der Waals surface area contributed by atoms with E-state index in [1.807, 2.05) is 22.7 Å². The van der Waals surface area contributed by atoms with E-state index < -0.39 is 0 Å². The molecule has 116 heavy (non-hydrogen) atoms.